The van der Waals surface area contributed by atoms with Crippen LogP contribution in [0.15, 0.2) is 0 Å². The lowest BCUT2D eigenvalue weighted by Gasteiger charge is -2.30. The first kappa shape index (κ1) is 15.9. The molecule has 1 unspecified atom stereocenters. The predicted octanol–water partition coefficient (Wildman–Crippen LogP) is 0.821. The summed E-state index contributed by atoms with van der Waals surface area (Å²) in [6, 6.07) is 2.94. The van der Waals surface area contributed by atoms with Gasteiger partial charge in [0.2, 0.25) is 5.91 Å². The summed E-state index contributed by atoms with van der Waals surface area (Å²) >= 11 is 0. The number of hydrogen-bond donors (Lipinski definition) is 1. The molecule has 1 heterocycles. The molecule has 0 radical (unpaired) electrons. The van der Waals surface area contributed by atoms with E-state index in [9.17, 15) is 4.79 Å². The fourth-order valence-corrected chi connectivity index (χ4v) is 2.29. The van der Waals surface area contributed by atoms with Crippen molar-refractivity contribution in [3.05, 3.63) is 0 Å². The summed E-state index contributed by atoms with van der Waals surface area (Å²) in [6.45, 7) is 7.22. The van der Waals surface area contributed by atoms with E-state index in [0.29, 0.717) is 31.6 Å². The highest BCUT2D eigenvalue weighted by molar-refractivity contribution is 5.78. The molecule has 0 aromatic carbocycles. The molecular weight excluding hydrogens is 240 g/mol. The Hall–Kier alpha value is -1.12. The summed E-state index contributed by atoms with van der Waals surface area (Å²) in [5.41, 5.74) is 0. The fourth-order valence-electron chi connectivity index (χ4n) is 2.29. The maximum absolute atomic E-state index is 12.1. The minimum absolute atomic E-state index is 0.0990. The molecule has 1 amide bonds. The second-order valence-electron chi connectivity index (χ2n) is 5.54. The molecule has 1 rings (SSSR count). The van der Waals surface area contributed by atoms with Gasteiger partial charge in [-0.2, -0.15) is 5.26 Å². The number of amides is 1. The van der Waals surface area contributed by atoms with Gasteiger partial charge in [-0.25, -0.2) is 0 Å². The Morgan fingerprint density at radius 1 is 1.53 bits per heavy atom. The lowest BCUT2D eigenvalue weighted by Crippen LogP contribution is -2.46. The van der Waals surface area contributed by atoms with Crippen LogP contribution >= 0.6 is 0 Å². The first-order chi connectivity index (χ1) is 9.04. The largest absolute Gasteiger partial charge is 0.344 e. The summed E-state index contributed by atoms with van der Waals surface area (Å²) in [4.78, 5) is 16.0. The lowest BCUT2D eigenvalue weighted by atomic mass is 10.2. The Morgan fingerprint density at radius 3 is 2.79 bits per heavy atom. The van der Waals surface area contributed by atoms with Gasteiger partial charge in [-0.05, 0) is 33.2 Å². The van der Waals surface area contributed by atoms with Gasteiger partial charge < -0.3 is 10.2 Å². The molecule has 0 bridgehead atoms. The van der Waals surface area contributed by atoms with Gasteiger partial charge in [0.05, 0.1) is 19.0 Å². The van der Waals surface area contributed by atoms with E-state index in [1.54, 1.807) is 11.9 Å². The number of rotatable bonds is 7. The summed E-state index contributed by atoms with van der Waals surface area (Å²) in [5, 5.41) is 12.0. The van der Waals surface area contributed by atoms with Gasteiger partial charge in [0.25, 0.3) is 0 Å². The van der Waals surface area contributed by atoms with Crippen molar-refractivity contribution >= 4 is 5.91 Å². The van der Waals surface area contributed by atoms with Crippen molar-refractivity contribution in [2.45, 2.75) is 45.2 Å². The molecule has 1 atom stereocenters. The Morgan fingerprint density at radius 2 is 2.26 bits per heavy atom. The average Bonchev–Trinajstić information content (AvgIpc) is 2.87. The molecule has 0 aromatic heterocycles. The number of nitriles is 1. The van der Waals surface area contributed by atoms with Crippen molar-refractivity contribution in [1.29, 1.82) is 5.26 Å². The van der Waals surface area contributed by atoms with Crippen molar-refractivity contribution in [3.8, 4) is 6.07 Å². The van der Waals surface area contributed by atoms with Gasteiger partial charge in [-0.1, -0.05) is 0 Å². The minimum Gasteiger partial charge on any atom is -0.344 e. The van der Waals surface area contributed by atoms with Gasteiger partial charge in [0, 0.05) is 32.2 Å². The van der Waals surface area contributed by atoms with Crippen LogP contribution in [0, 0.1) is 11.3 Å². The molecule has 19 heavy (non-hydrogen) atoms. The van der Waals surface area contributed by atoms with Crippen molar-refractivity contribution < 1.29 is 4.79 Å². The van der Waals surface area contributed by atoms with Crippen LogP contribution in [-0.2, 0) is 4.79 Å². The van der Waals surface area contributed by atoms with Crippen molar-refractivity contribution in [2.75, 3.05) is 33.2 Å². The predicted molar refractivity (Wildman–Crippen MR) is 75.6 cm³/mol. The highest BCUT2D eigenvalue weighted by Crippen LogP contribution is 2.09. The third kappa shape index (κ3) is 5.58. The summed E-state index contributed by atoms with van der Waals surface area (Å²) in [7, 11) is 1.77. The van der Waals surface area contributed by atoms with Gasteiger partial charge in [-0.3, -0.25) is 9.69 Å². The quantitative estimate of drug-likeness (QED) is 0.741. The van der Waals surface area contributed by atoms with Crippen LogP contribution in [0.1, 0.15) is 33.1 Å². The normalized spacial score (nSPS) is 18.8. The van der Waals surface area contributed by atoms with Crippen LogP contribution in [0.2, 0.25) is 0 Å². The number of carbonyl (C=O) groups is 1. The summed E-state index contributed by atoms with van der Waals surface area (Å²) in [6.07, 6.45) is 2.82. The third-order valence-corrected chi connectivity index (χ3v) is 3.67. The van der Waals surface area contributed by atoms with E-state index >= 15 is 0 Å². The van der Waals surface area contributed by atoms with Crippen LogP contribution in [0.4, 0.5) is 0 Å². The first-order valence-corrected chi connectivity index (χ1v) is 7.13. The van der Waals surface area contributed by atoms with Crippen LogP contribution in [0.25, 0.3) is 0 Å². The SMILES string of the molecule is CC(C)N(CC(=O)N(C)CCC#N)CC1CCCN1. The molecule has 1 aliphatic heterocycles. The third-order valence-electron chi connectivity index (χ3n) is 3.67. The van der Waals surface area contributed by atoms with E-state index in [1.807, 2.05) is 0 Å². The molecule has 0 spiro atoms. The smallest absolute Gasteiger partial charge is 0.236 e. The van der Waals surface area contributed by atoms with Gasteiger partial charge in [-0.15, -0.1) is 0 Å². The van der Waals surface area contributed by atoms with Crippen molar-refractivity contribution in [2.24, 2.45) is 0 Å². The van der Waals surface area contributed by atoms with Crippen molar-refractivity contribution in [1.82, 2.24) is 15.1 Å². The number of nitrogens with zero attached hydrogens (tertiary/aromatic N) is 3. The average molecular weight is 266 g/mol. The lowest BCUT2D eigenvalue weighted by molar-refractivity contribution is -0.131. The van der Waals surface area contributed by atoms with E-state index in [1.165, 1.54) is 12.8 Å². The molecule has 1 saturated heterocycles. The number of hydrogen-bond acceptors (Lipinski definition) is 4. The second-order valence-corrected chi connectivity index (χ2v) is 5.54. The van der Waals surface area contributed by atoms with E-state index < -0.39 is 0 Å². The zero-order chi connectivity index (χ0) is 14.3. The van der Waals surface area contributed by atoms with Gasteiger partial charge >= 0.3 is 0 Å². The Balaban J connectivity index is 2.43. The number of nitrogens with one attached hydrogen (secondary N) is 1. The van der Waals surface area contributed by atoms with Crippen molar-refractivity contribution in [3.63, 3.8) is 0 Å². The van der Waals surface area contributed by atoms with E-state index in [-0.39, 0.29) is 5.91 Å². The number of carbonyl (C=O) groups excluding carboxylic acids is 1. The Labute approximate surface area is 116 Å². The number of likely N-dealkylation sites (N-methyl/N-ethyl adjacent to an activating group) is 1. The standard InChI is InChI=1S/C14H26N4O/c1-12(2)18(10-13-6-4-8-16-13)11-14(19)17(3)9-5-7-15/h12-13,16H,4-6,8-11H2,1-3H3. The molecule has 0 saturated carbocycles. The molecule has 1 fully saturated rings. The Kier molecular flexibility index (Phi) is 6.82. The molecule has 1 aliphatic rings. The van der Waals surface area contributed by atoms with Crippen LogP contribution in [0.5, 0.6) is 0 Å². The monoisotopic (exact) mass is 266 g/mol. The first-order valence-electron chi connectivity index (χ1n) is 7.13. The Bertz CT molecular complexity index is 318. The maximum Gasteiger partial charge on any atom is 0.236 e. The zero-order valence-electron chi connectivity index (χ0n) is 12.4. The van der Waals surface area contributed by atoms with E-state index in [2.05, 4.69) is 30.1 Å². The van der Waals surface area contributed by atoms with Crippen LogP contribution in [-0.4, -0.2) is 61.0 Å². The highest BCUT2D eigenvalue weighted by atomic mass is 16.2. The molecule has 108 valence electrons. The van der Waals surface area contributed by atoms with Gasteiger partial charge in [0.1, 0.15) is 0 Å². The van der Waals surface area contributed by atoms with Crippen LogP contribution < -0.4 is 5.32 Å². The minimum atomic E-state index is 0.0990. The second kappa shape index (κ2) is 8.13. The van der Waals surface area contributed by atoms with E-state index in [4.69, 9.17) is 5.26 Å². The molecule has 5 nitrogen and oxygen atoms in total. The van der Waals surface area contributed by atoms with Crippen LogP contribution in [0.3, 0.4) is 0 Å². The molecule has 5 heteroatoms. The van der Waals surface area contributed by atoms with Gasteiger partial charge in [0.15, 0.2) is 0 Å². The highest BCUT2D eigenvalue weighted by Gasteiger charge is 2.22. The fraction of sp³-hybridized carbons (Fsp3) is 0.857. The summed E-state index contributed by atoms with van der Waals surface area (Å²) < 4.78 is 0. The zero-order valence-corrected chi connectivity index (χ0v) is 12.4. The molecule has 0 aliphatic carbocycles. The van der Waals surface area contributed by atoms with E-state index in [0.717, 1.165) is 13.1 Å². The molecular formula is C14H26N4O. The maximum atomic E-state index is 12.1. The molecule has 0 aromatic rings. The summed E-state index contributed by atoms with van der Waals surface area (Å²) in [5.74, 6) is 0.0990. The topological polar surface area (TPSA) is 59.4 Å². The molecule has 1 N–H and O–H groups in total.